The van der Waals surface area contributed by atoms with Gasteiger partial charge in [-0.05, 0) is 39.6 Å². The van der Waals surface area contributed by atoms with Crippen LogP contribution in [0.4, 0.5) is 0 Å². The number of halogens is 1. The average Bonchev–Trinajstić information content (AvgIpc) is 2.70. The molecule has 1 aliphatic rings. The van der Waals surface area contributed by atoms with Crippen LogP contribution in [0.25, 0.3) is 0 Å². The maximum absolute atomic E-state index is 13.0. The SMILES string of the molecule is CCOC(=O)C1=C(COCCN(C)C)N=C(C)C(C(=O)OC)C1c1ccccc1Cl. The zero-order valence-electron chi connectivity index (χ0n) is 18.1. The monoisotopic (exact) mass is 436 g/mol. The van der Waals surface area contributed by atoms with Crippen LogP contribution in [0.1, 0.15) is 25.3 Å². The number of benzene rings is 1. The zero-order valence-corrected chi connectivity index (χ0v) is 18.9. The Labute approximate surface area is 182 Å². The van der Waals surface area contributed by atoms with E-state index in [1.807, 2.05) is 25.1 Å². The highest BCUT2D eigenvalue weighted by molar-refractivity contribution is 6.31. The van der Waals surface area contributed by atoms with Crippen molar-refractivity contribution in [2.45, 2.75) is 19.8 Å². The lowest BCUT2D eigenvalue weighted by molar-refractivity contribution is -0.144. The molecule has 0 saturated heterocycles. The van der Waals surface area contributed by atoms with E-state index >= 15 is 0 Å². The quantitative estimate of drug-likeness (QED) is 0.437. The van der Waals surface area contributed by atoms with Crippen LogP contribution in [0.5, 0.6) is 0 Å². The number of esters is 2. The summed E-state index contributed by atoms with van der Waals surface area (Å²) in [6.07, 6.45) is 0. The standard InChI is InChI=1S/C22H29ClN2O5/c1-6-30-22(27)20-17(13-29-12-11-25(3)4)24-14(2)18(21(26)28-5)19(20)15-9-7-8-10-16(15)23/h7-10,18-19H,6,11-13H2,1-5H3. The minimum absolute atomic E-state index is 0.119. The fraction of sp³-hybridized carbons (Fsp3) is 0.500. The largest absolute Gasteiger partial charge is 0.468 e. The summed E-state index contributed by atoms with van der Waals surface area (Å²) >= 11 is 6.47. The molecular formula is C22H29ClN2O5. The number of nitrogens with zero attached hydrogens (tertiary/aromatic N) is 2. The van der Waals surface area contributed by atoms with Gasteiger partial charge in [-0.1, -0.05) is 29.8 Å². The number of carbonyl (C=O) groups excluding carboxylic acids is 2. The highest BCUT2D eigenvalue weighted by Crippen LogP contribution is 2.42. The molecule has 0 aromatic heterocycles. The molecule has 1 aliphatic heterocycles. The normalized spacial score (nSPS) is 19.0. The number of methoxy groups -OCH3 is 1. The first-order chi connectivity index (χ1) is 14.3. The molecule has 8 heteroatoms. The molecule has 0 fully saturated rings. The van der Waals surface area contributed by atoms with Crippen LogP contribution in [0.2, 0.25) is 5.02 Å². The number of carbonyl (C=O) groups is 2. The average molecular weight is 437 g/mol. The molecule has 0 aliphatic carbocycles. The van der Waals surface area contributed by atoms with Crippen molar-refractivity contribution in [2.75, 3.05) is 47.6 Å². The van der Waals surface area contributed by atoms with Crippen molar-refractivity contribution >= 4 is 29.3 Å². The van der Waals surface area contributed by atoms with E-state index < -0.39 is 23.8 Å². The van der Waals surface area contributed by atoms with Gasteiger partial charge in [0.05, 0.1) is 38.2 Å². The van der Waals surface area contributed by atoms with Gasteiger partial charge >= 0.3 is 11.9 Å². The Morgan fingerprint density at radius 1 is 1.23 bits per heavy atom. The van der Waals surface area contributed by atoms with Crippen molar-refractivity contribution in [1.29, 1.82) is 0 Å². The van der Waals surface area contributed by atoms with Gasteiger partial charge in [-0.25, -0.2) is 4.79 Å². The van der Waals surface area contributed by atoms with E-state index in [-0.39, 0.29) is 18.8 Å². The lowest BCUT2D eigenvalue weighted by Crippen LogP contribution is -2.37. The van der Waals surface area contributed by atoms with Crippen LogP contribution < -0.4 is 0 Å². The van der Waals surface area contributed by atoms with Gasteiger partial charge in [-0.15, -0.1) is 0 Å². The highest BCUT2D eigenvalue weighted by Gasteiger charge is 2.43. The Morgan fingerprint density at radius 3 is 2.53 bits per heavy atom. The van der Waals surface area contributed by atoms with Gasteiger partial charge in [0, 0.05) is 23.2 Å². The van der Waals surface area contributed by atoms with Crippen LogP contribution in [-0.2, 0) is 23.8 Å². The molecule has 0 N–H and O–H groups in total. The number of likely N-dealkylation sites (N-methyl/N-ethyl adjacent to an activating group) is 1. The first-order valence-electron chi connectivity index (χ1n) is 9.81. The lowest BCUT2D eigenvalue weighted by Gasteiger charge is -2.32. The van der Waals surface area contributed by atoms with Crippen molar-refractivity contribution in [2.24, 2.45) is 10.9 Å². The van der Waals surface area contributed by atoms with Gasteiger partial charge in [0.25, 0.3) is 0 Å². The van der Waals surface area contributed by atoms with E-state index in [4.69, 9.17) is 25.8 Å². The third kappa shape index (κ3) is 5.68. The topological polar surface area (TPSA) is 77.4 Å². The van der Waals surface area contributed by atoms with Crippen molar-refractivity contribution in [3.8, 4) is 0 Å². The molecule has 1 heterocycles. The summed E-state index contributed by atoms with van der Waals surface area (Å²) in [7, 11) is 5.21. The second-order valence-electron chi connectivity index (χ2n) is 7.19. The molecule has 0 spiro atoms. The lowest BCUT2D eigenvalue weighted by atomic mass is 9.75. The molecule has 164 valence electrons. The number of hydrogen-bond acceptors (Lipinski definition) is 7. The summed E-state index contributed by atoms with van der Waals surface area (Å²) in [5, 5.41) is 0.445. The molecule has 1 aromatic carbocycles. The number of rotatable bonds is 9. The van der Waals surface area contributed by atoms with Gasteiger partial charge in [-0.2, -0.15) is 0 Å². The Kier molecular flexibility index (Phi) is 9.02. The van der Waals surface area contributed by atoms with Crippen LogP contribution in [0.15, 0.2) is 40.5 Å². The van der Waals surface area contributed by atoms with Crippen molar-refractivity contribution in [3.05, 3.63) is 46.1 Å². The van der Waals surface area contributed by atoms with E-state index in [2.05, 4.69) is 4.99 Å². The summed E-state index contributed by atoms with van der Waals surface area (Å²) in [5.74, 6) is -2.51. The van der Waals surface area contributed by atoms with Gasteiger partial charge in [-0.3, -0.25) is 9.79 Å². The van der Waals surface area contributed by atoms with E-state index in [0.717, 1.165) is 6.54 Å². The highest BCUT2D eigenvalue weighted by atomic mass is 35.5. The van der Waals surface area contributed by atoms with E-state index in [1.165, 1.54) is 7.11 Å². The fourth-order valence-corrected chi connectivity index (χ4v) is 3.66. The van der Waals surface area contributed by atoms with Crippen molar-refractivity contribution in [3.63, 3.8) is 0 Å². The molecule has 0 bridgehead atoms. The Balaban J connectivity index is 2.58. The van der Waals surface area contributed by atoms with Gasteiger partial charge < -0.3 is 19.1 Å². The summed E-state index contributed by atoms with van der Waals surface area (Å²) in [4.78, 5) is 32.2. The number of aliphatic imine (C=N–C) groups is 1. The third-order valence-electron chi connectivity index (χ3n) is 4.83. The van der Waals surface area contributed by atoms with Gasteiger partial charge in [0.2, 0.25) is 0 Å². The van der Waals surface area contributed by atoms with Crippen LogP contribution in [0, 0.1) is 5.92 Å². The molecule has 0 amide bonds. The molecule has 30 heavy (non-hydrogen) atoms. The summed E-state index contributed by atoms with van der Waals surface area (Å²) in [6.45, 7) is 4.98. The van der Waals surface area contributed by atoms with Crippen molar-refractivity contribution in [1.82, 2.24) is 4.90 Å². The first kappa shape index (κ1) is 24.1. The molecule has 2 rings (SSSR count). The maximum Gasteiger partial charge on any atom is 0.336 e. The summed E-state index contributed by atoms with van der Waals surface area (Å²) in [5.41, 5.74) is 1.88. The third-order valence-corrected chi connectivity index (χ3v) is 5.17. The Bertz CT molecular complexity index is 835. The fourth-order valence-electron chi connectivity index (χ4n) is 3.41. The molecule has 2 unspecified atom stereocenters. The minimum Gasteiger partial charge on any atom is -0.468 e. The maximum atomic E-state index is 13.0. The van der Waals surface area contributed by atoms with E-state index in [1.54, 1.807) is 32.0 Å². The minimum atomic E-state index is -0.792. The zero-order chi connectivity index (χ0) is 22.3. The second kappa shape index (κ2) is 11.2. The molecule has 7 nitrogen and oxygen atoms in total. The first-order valence-corrected chi connectivity index (χ1v) is 10.2. The molecule has 0 radical (unpaired) electrons. The van der Waals surface area contributed by atoms with Gasteiger partial charge in [0.15, 0.2) is 0 Å². The number of hydrogen-bond donors (Lipinski definition) is 0. The van der Waals surface area contributed by atoms with Crippen LogP contribution >= 0.6 is 11.6 Å². The van der Waals surface area contributed by atoms with Gasteiger partial charge in [0.1, 0.15) is 5.92 Å². The predicted octanol–water partition coefficient (Wildman–Crippen LogP) is 3.08. The smallest absolute Gasteiger partial charge is 0.336 e. The molecule has 2 atom stereocenters. The summed E-state index contributed by atoms with van der Waals surface area (Å²) in [6, 6.07) is 7.13. The van der Waals surface area contributed by atoms with Crippen LogP contribution in [-0.4, -0.2) is 70.1 Å². The van der Waals surface area contributed by atoms with E-state index in [9.17, 15) is 9.59 Å². The molecular weight excluding hydrogens is 408 g/mol. The summed E-state index contributed by atoms with van der Waals surface area (Å²) < 4.78 is 16.1. The predicted molar refractivity (Wildman–Crippen MR) is 116 cm³/mol. The van der Waals surface area contributed by atoms with Crippen molar-refractivity contribution < 1.29 is 23.8 Å². The number of ether oxygens (including phenoxy) is 3. The van der Waals surface area contributed by atoms with E-state index in [0.29, 0.717) is 28.6 Å². The Hall–Kier alpha value is -2.22. The molecule has 1 aromatic rings. The van der Waals surface area contributed by atoms with Crippen LogP contribution in [0.3, 0.4) is 0 Å². The molecule has 0 saturated carbocycles. The second-order valence-corrected chi connectivity index (χ2v) is 7.60. The Morgan fingerprint density at radius 2 is 1.93 bits per heavy atom.